The Bertz CT molecular complexity index is 151. The highest BCUT2D eigenvalue weighted by molar-refractivity contribution is 4.69. The largest absolute Gasteiger partial charge is 0.376 e. The van der Waals surface area contributed by atoms with Gasteiger partial charge in [-0.25, -0.2) is 5.01 Å². The molecule has 0 aliphatic heterocycles. The lowest BCUT2D eigenvalue weighted by molar-refractivity contribution is -0.0185. The van der Waals surface area contributed by atoms with Crippen molar-refractivity contribution in [2.75, 3.05) is 33.3 Å². The molecule has 15 heavy (non-hydrogen) atoms. The normalized spacial score (nSPS) is 12.4. The maximum absolute atomic E-state index is 5.61. The molecule has 0 spiro atoms. The first-order valence-electron chi connectivity index (χ1n) is 5.80. The first kappa shape index (κ1) is 14.8. The van der Waals surface area contributed by atoms with Gasteiger partial charge in [0.2, 0.25) is 0 Å². The molecular formula is C11H27N3O. The van der Waals surface area contributed by atoms with E-state index in [0.717, 1.165) is 39.1 Å². The van der Waals surface area contributed by atoms with Crippen molar-refractivity contribution in [3.05, 3.63) is 0 Å². The lowest BCUT2D eigenvalue weighted by Gasteiger charge is -2.26. The van der Waals surface area contributed by atoms with Gasteiger partial charge in [-0.05, 0) is 40.2 Å². The maximum Gasteiger partial charge on any atom is 0.0639 e. The number of hydrogen-bond acceptors (Lipinski definition) is 4. The second-order valence-corrected chi connectivity index (χ2v) is 4.41. The van der Waals surface area contributed by atoms with Crippen LogP contribution in [0.1, 0.15) is 33.6 Å². The van der Waals surface area contributed by atoms with Gasteiger partial charge in [0.1, 0.15) is 0 Å². The lowest BCUT2D eigenvalue weighted by atomic mass is 10.1. The summed E-state index contributed by atoms with van der Waals surface area (Å²) in [4.78, 5) is 0. The topological polar surface area (TPSA) is 50.5 Å². The van der Waals surface area contributed by atoms with Gasteiger partial charge in [-0.15, -0.1) is 0 Å². The molecule has 0 saturated carbocycles. The van der Waals surface area contributed by atoms with E-state index in [9.17, 15) is 0 Å². The highest BCUT2D eigenvalue weighted by Gasteiger charge is 2.16. The summed E-state index contributed by atoms with van der Waals surface area (Å²) in [5, 5.41) is 2.09. The average molecular weight is 217 g/mol. The van der Waals surface area contributed by atoms with Crippen molar-refractivity contribution in [1.29, 1.82) is 0 Å². The van der Waals surface area contributed by atoms with Gasteiger partial charge in [0.05, 0.1) is 5.60 Å². The van der Waals surface area contributed by atoms with Gasteiger partial charge in [0.25, 0.3) is 0 Å². The summed E-state index contributed by atoms with van der Waals surface area (Å²) in [5.74, 6) is 0. The van der Waals surface area contributed by atoms with E-state index in [2.05, 4.69) is 24.3 Å². The molecule has 3 N–H and O–H groups in total. The van der Waals surface area contributed by atoms with Crippen LogP contribution in [0.15, 0.2) is 0 Å². The van der Waals surface area contributed by atoms with E-state index in [1.165, 1.54) is 0 Å². The van der Waals surface area contributed by atoms with Gasteiger partial charge >= 0.3 is 0 Å². The van der Waals surface area contributed by atoms with Crippen LogP contribution in [0.5, 0.6) is 0 Å². The molecule has 0 fully saturated rings. The first-order valence-corrected chi connectivity index (χ1v) is 5.80. The third-order valence-electron chi connectivity index (χ3n) is 2.34. The van der Waals surface area contributed by atoms with Crippen LogP contribution < -0.4 is 11.2 Å². The Kier molecular flexibility index (Phi) is 7.96. The molecule has 0 aromatic rings. The molecule has 0 bridgehead atoms. The molecule has 92 valence electrons. The summed E-state index contributed by atoms with van der Waals surface area (Å²) in [6.07, 6.45) is 2.03. The van der Waals surface area contributed by atoms with Crippen LogP contribution in [0.4, 0.5) is 0 Å². The minimum Gasteiger partial charge on any atom is -0.376 e. The molecule has 0 atom stereocenters. The molecule has 0 saturated heterocycles. The van der Waals surface area contributed by atoms with Crippen molar-refractivity contribution in [3.8, 4) is 0 Å². The van der Waals surface area contributed by atoms with E-state index in [1.807, 2.05) is 14.0 Å². The third-order valence-corrected chi connectivity index (χ3v) is 2.34. The van der Waals surface area contributed by atoms with Gasteiger partial charge in [-0.2, -0.15) is 0 Å². The predicted octanol–water partition coefficient (Wildman–Crippen LogP) is 0.977. The highest BCUT2D eigenvalue weighted by Crippen LogP contribution is 2.12. The number of nitrogens with one attached hydrogen (secondary N) is 1. The second-order valence-electron chi connectivity index (χ2n) is 4.41. The van der Waals surface area contributed by atoms with Gasteiger partial charge < -0.3 is 10.5 Å². The van der Waals surface area contributed by atoms with E-state index in [-0.39, 0.29) is 5.60 Å². The highest BCUT2D eigenvalue weighted by atomic mass is 16.5. The van der Waals surface area contributed by atoms with Crippen LogP contribution in [0.3, 0.4) is 0 Å². The molecular weight excluding hydrogens is 190 g/mol. The third kappa shape index (κ3) is 8.81. The van der Waals surface area contributed by atoms with Crippen LogP contribution in [0, 0.1) is 0 Å². The van der Waals surface area contributed by atoms with Gasteiger partial charge in [0.15, 0.2) is 0 Å². The zero-order valence-electron chi connectivity index (χ0n) is 10.7. The fourth-order valence-electron chi connectivity index (χ4n) is 1.42. The summed E-state index contributed by atoms with van der Waals surface area (Å²) in [6.45, 7) is 9.73. The van der Waals surface area contributed by atoms with Crippen molar-refractivity contribution in [3.63, 3.8) is 0 Å². The standard InChI is InChI=1S/C11H27N3O/c1-5-15-11(2,3)7-9-13-14(4)10-6-8-12/h13H,5-10,12H2,1-4H3. The van der Waals surface area contributed by atoms with E-state index in [0.29, 0.717) is 0 Å². The van der Waals surface area contributed by atoms with Crippen LogP contribution in [0.25, 0.3) is 0 Å². The zero-order valence-corrected chi connectivity index (χ0v) is 10.7. The zero-order chi connectivity index (χ0) is 11.7. The molecule has 0 aliphatic carbocycles. The second kappa shape index (κ2) is 8.05. The molecule has 0 aromatic carbocycles. The summed E-state index contributed by atoms with van der Waals surface area (Å²) >= 11 is 0. The minimum atomic E-state index is -0.0313. The number of nitrogens with two attached hydrogens (primary N) is 1. The van der Waals surface area contributed by atoms with Crippen molar-refractivity contribution >= 4 is 0 Å². The summed E-state index contributed by atoms with van der Waals surface area (Å²) in [6, 6.07) is 0. The Morgan fingerprint density at radius 3 is 2.60 bits per heavy atom. The number of rotatable bonds is 9. The van der Waals surface area contributed by atoms with Crippen LogP contribution >= 0.6 is 0 Å². The predicted molar refractivity (Wildman–Crippen MR) is 64.6 cm³/mol. The number of hydrogen-bond donors (Lipinski definition) is 2. The Morgan fingerprint density at radius 2 is 2.07 bits per heavy atom. The molecule has 0 amide bonds. The fourth-order valence-corrected chi connectivity index (χ4v) is 1.42. The van der Waals surface area contributed by atoms with Crippen molar-refractivity contribution in [1.82, 2.24) is 10.4 Å². The van der Waals surface area contributed by atoms with Gasteiger partial charge in [-0.1, -0.05) is 0 Å². The van der Waals surface area contributed by atoms with E-state index in [1.54, 1.807) is 0 Å². The van der Waals surface area contributed by atoms with E-state index in [4.69, 9.17) is 10.5 Å². The monoisotopic (exact) mass is 217 g/mol. The average Bonchev–Trinajstić information content (AvgIpc) is 2.14. The molecule has 0 unspecified atom stereocenters. The Labute approximate surface area is 94.1 Å². The van der Waals surface area contributed by atoms with E-state index < -0.39 is 0 Å². The van der Waals surface area contributed by atoms with Crippen molar-refractivity contribution < 1.29 is 4.74 Å². The molecule has 0 aliphatic rings. The van der Waals surface area contributed by atoms with Crippen LogP contribution in [-0.4, -0.2) is 43.9 Å². The number of ether oxygens (including phenoxy) is 1. The Hall–Kier alpha value is -0.160. The number of nitrogens with zero attached hydrogens (tertiary/aromatic N) is 1. The number of hydrazine groups is 1. The smallest absolute Gasteiger partial charge is 0.0639 e. The summed E-state index contributed by atoms with van der Waals surface area (Å²) < 4.78 is 5.61. The Morgan fingerprint density at radius 1 is 1.40 bits per heavy atom. The van der Waals surface area contributed by atoms with Crippen molar-refractivity contribution in [2.45, 2.75) is 39.2 Å². The molecule has 0 rings (SSSR count). The van der Waals surface area contributed by atoms with Gasteiger partial charge in [-0.3, -0.25) is 5.43 Å². The molecule has 0 radical (unpaired) electrons. The minimum absolute atomic E-state index is 0.0313. The first-order chi connectivity index (χ1) is 7.02. The molecule has 0 aromatic heterocycles. The molecule has 4 heteroatoms. The van der Waals surface area contributed by atoms with E-state index >= 15 is 0 Å². The molecule has 4 nitrogen and oxygen atoms in total. The molecule has 0 heterocycles. The van der Waals surface area contributed by atoms with Crippen molar-refractivity contribution in [2.24, 2.45) is 5.73 Å². The quantitative estimate of drug-likeness (QED) is 0.565. The maximum atomic E-state index is 5.61. The van der Waals surface area contributed by atoms with Gasteiger partial charge in [0, 0.05) is 26.7 Å². The van der Waals surface area contributed by atoms with Crippen LogP contribution in [0.2, 0.25) is 0 Å². The van der Waals surface area contributed by atoms with Crippen LogP contribution in [-0.2, 0) is 4.74 Å². The fraction of sp³-hybridized carbons (Fsp3) is 1.00. The summed E-state index contributed by atoms with van der Waals surface area (Å²) in [5.41, 5.74) is 8.74. The summed E-state index contributed by atoms with van der Waals surface area (Å²) in [7, 11) is 2.04. The SMILES string of the molecule is CCOC(C)(C)CCNN(C)CCCN. The lowest BCUT2D eigenvalue weighted by Crippen LogP contribution is -2.39. The Balaban J connectivity index is 3.51.